The number of likely N-dealkylation sites (N-methyl/N-ethyl adjacent to an activating group) is 1. The monoisotopic (exact) mass is 325 g/mol. The number of methoxy groups -OCH3 is 1. The van der Waals surface area contributed by atoms with Crippen LogP contribution in [-0.4, -0.2) is 32.4 Å². The first-order chi connectivity index (χ1) is 11.1. The summed E-state index contributed by atoms with van der Waals surface area (Å²) < 4.78 is 19.4. The van der Waals surface area contributed by atoms with Crippen molar-refractivity contribution in [3.8, 4) is 0 Å². The number of nitrogens with two attached hydrogens (primary N) is 1. The van der Waals surface area contributed by atoms with Crippen molar-refractivity contribution in [2.24, 2.45) is 5.73 Å². The molecule has 1 aromatic carbocycles. The molecule has 0 fully saturated rings. The Morgan fingerprint density at radius 3 is 2.70 bits per heavy atom. The summed E-state index contributed by atoms with van der Waals surface area (Å²) in [5.74, 6) is -0.586. The van der Waals surface area contributed by atoms with Crippen LogP contribution < -0.4 is 16.4 Å². The number of hydrogen-bond acceptors (Lipinski definition) is 5. The minimum Gasteiger partial charge on any atom is -0.380 e. The maximum atomic E-state index is 14.4. The molecule has 7 heteroatoms. The molecule has 0 radical (unpaired) electrons. The van der Waals surface area contributed by atoms with Gasteiger partial charge in [-0.05, 0) is 12.0 Å². The first-order valence-electron chi connectivity index (χ1n) is 7.45. The van der Waals surface area contributed by atoms with Crippen LogP contribution in [0, 0.1) is 5.82 Å². The van der Waals surface area contributed by atoms with Crippen molar-refractivity contribution >= 4 is 12.2 Å². The highest BCUT2D eigenvalue weighted by Gasteiger charge is 2.18. The van der Waals surface area contributed by atoms with E-state index in [2.05, 4.69) is 10.6 Å². The number of nitrogens with one attached hydrogen (secondary N) is 2. The van der Waals surface area contributed by atoms with Gasteiger partial charge in [-0.2, -0.15) is 0 Å². The molecule has 4 N–H and O–H groups in total. The lowest BCUT2D eigenvalue weighted by atomic mass is 10.0. The van der Waals surface area contributed by atoms with Crippen LogP contribution in [0.2, 0.25) is 0 Å². The molecule has 6 nitrogen and oxygen atoms in total. The van der Waals surface area contributed by atoms with Gasteiger partial charge in [0.15, 0.2) is 0 Å². The molecule has 23 heavy (non-hydrogen) atoms. The van der Waals surface area contributed by atoms with Gasteiger partial charge in [0.2, 0.25) is 5.91 Å². The number of hydrogen-bond donors (Lipinski definition) is 3. The third-order valence-corrected chi connectivity index (χ3v) is 3.60. The van der Waals surface area contributed by atoms with Crippen molar-refractivity contribution in [3.63, 3.8) is 0 Å². The molecular weight excluding hydrogens is 301 g/mol. The van der Waals surface area contributed by atoms with E-state index in [0.717, 1.165) is 6.29 Å². The van der Waals surface area contributed by atoms with Gasteiger partial charge in [-0.3, -0.25) is 4.79 Å². The molecule has 1 rings (SSSR count). The average Bonchev–Trinajstić information content (AvgIpc) is 2.57. The summed E-state index contributed by atoms with van der Waals surface area (Å²) in [5, 5.41) is 5.61. The molecule has 0 aliphatic carbocycles. The first-order valence-corrected chi connectivity index (χ1v) is 7.45. The Balaban J connectivity index is 2.91. The van der Waals surface area contributed by atoms with Crippen LogP contribution in [0.4, 0.5) is 4.39 Å². The molecule has 1 amide bonds. The maximum Gasteiger partial charge on any atom is 0.236 e. The molecule has 1 unspecified atom stereocenters. The molecule has 128 valence electrons. The number of amides is 1. The number of aldehydes is 1. The molecule has 0 saturated heterocycles. The number of carbonyl (C=O) groups excluding carboxylic acids is 2. The molecule has 0 spiro atoms. The molecule has 0 saturated carbocycles. The summed E-state index contributed by atoms with van der Waals surface area (Å²) in [5.41, 5.74) is 7.06. The fourth-order valence-electron chi connectivity index (χ4n) is 2.30. The lowest BCUT2D eigenvalue weighted by Crippen LogP contribution is -2.42. The third kappa shape index (κ3) is 5.38. The zero-order chi connectivity index (χ0) is 17.2. The third-order valence-electron chi connectivity index (χ3n) is 3.60. The Morgan fingerprint density at radius 2 is 2.13 bits per heavy atom. The lowest BCUT2D eigenvalue weighted by Gasteiger charge is -2.18. The minimum absolute atomic E-state index is 0.108. The molecule has 0 bridgehead atoms. The van der Waals surface area contributed by atoms with Gasteiger partial charge in [-0.15, -0.1) is 0 Å². The van der Waals surface area contributed by atoms with E-state index in [1.54, 1.807) is 12.1 Å². The van der Waals surface area contributed by atoms with Gasteiger partial charge < -0.3 is 25.9 Å². The maximum absolute atomic E-state index is 14.4. The van der Waals surface area contributed by atoms with E-state index in [0.29, 0.717) is 23.1 Å². The van der Waals surface area contributed by atoms with E-state index >= 15 is 0 Å². The van der Waals surface area contributed by atoms with Gasteiger partial charge in [-0.25, -0.2) is 4.39 Å². The van der Waals surface area contributed by atoms with Crippen LogP contribution in [-0.2, 0) is 34.0 Å². The zero-order valence-electron chi connectivity index (χ0n) is 13.5. The average molecular weight is 325 g/mol. The van der Waals surface area contributed by atoms with Gasteiger partial charge in [0.05, 0.1) is 12.6 Å². The Morgan fingerprint density at radius 1 is 1.43 bits per heavy atom. The van der Waals surface area contributed by atoms with Crippen LogP contribution in [0.25, 0.3) is 0 Å². The number of ether oxygens (including phenoxy) is 1. The second kappa shape index (κ2) is 10.0. The number of halogens is 1. The highest BCUT2D eigenvalue weighted by molar-refractivity contribution is 5.81. The Labute approximate surface area is 135 Å². The molecule has 1 aromatic rings. The molecule has 0 heterocycles. The molecular formula is C16H24FN3O3. The molecule has 0 aliphatic rings. The van der Waals surface area contributed by atoms with Gasteiger partial charge in [0, 0.05) is 44.8 Å². The molecule has 0 aliphatic heterocycles. The number of rotatable bonds is 10. The zero-order valence-corrected chi connectivity index (χ0v) is 13.5. The van der Waals surface area contributed by atoms with Gasteiger partial charge in [0.25, 0.3) is 0 Å². The Kier molecular flexibility index (Phi) is 8.39. The van der Waals surface area contributed by atoms with Crippen LogP contribution >= 0.6 is 0 Å². The second-order valence-electron chi connectivity index (χ2n) is 5.11. The van der Waals surface area contributed by atoms with Crippen LogP contribution in [0.15, 0.2) is 12.1 Å². The standard InChI is InChI=1S/C16H24FN3O3/c1-19-16(22)14(4-3-7-21)20-9-12-6-5-11(8-18)15(17)13(12)10-23-2/h5-7,14,20H,3-4,8-10,18H2,1-2H3,(H,19,22). The summed E-state index contributed by atoms with van der Waals surface area (Å²) in [6.45, 7) is 0.517. The summed E-state index contributed by atoms with van der Waals surface area (Å²) in [7, 11) is 3.02. The minimum atomic E-state index is -0.516. The Bertz CT molecular complexity index is 538. The number of benzene rings is 1. The SMILES string of the molecule is CNC(=O)C(CCC=O)NCc1ccc(CN)c(F)c1COC. The normalized spacial score (nSPS) is 12.0. The fourth-order valence-corrected chi connectivity index (χ4v) is 2.30. The van der Waals surface area contributed by atoms with Gasteiger partial charge >= 0.3 is 0 Å². The van der Waals surface area contributed by atoms with Crippen molar-refractivity contribution in [2.75, 3.05) is 14.2 Å². The van der Waals surface area contributed by atoms with E-state index < -0.39 is 6.04 Å². The van der Waals surface area contributed by atoms with Crippen LogP contribution in [0.1, 0.15) is 29.5 Å². The lowest BCUT2D eigenvalue weighted by molar-refractivity contribution is -0.122. The van der Waals surface area contributed by atoms with Crippen molar-refractivity contribution in [1.29, 1.82) is 0 Å². The van der Waals surface area contributed by atoms with Gasteiger partial charge in [0.1, 0.15) is 12.1 Å². The van der Waals surface area contributed by atoms with Crippen LogP contribution in [0.3, 0.4) is 0 Å². The van der Waals surface area contributed by atoms with Crippen LogP contribution in [0.5, 0.6) is 0 Å². The second-order valence-corrected chi connectivity index (χ2v) is 5.11. The van der Waals surface area contributed by atoms with Crippen molar-refractivity contribution in [2.45, 2.75) is 38.6 Å². The van der Waals surface area contributed by atoms with E-state index in [-0.39, 0.29) is 37.8 Å². The predicted molar refractivity (Wildman–Crippen MR) is 85.0 cm³/mol. The van der Waals surface area contributed by atoms with Gasteiger partial charge in [-0.1, -0.05) is 12.1 Å². The smallest absolute Gasteiger partial charge is 0.236 e. The molecule has 1 atom stereocenters. The van der Waals surface area contributed by atoms with Crippen molar-refractivity contribution in [1.82, 2.24) is 10.6 Å². The summed E-state index contributed by atoms with van der Waals surface area (Å²) in [6, 6.07) is 2.89. The van der Waals surface area contributed by atoms with Crippen molar-refractivity contribution < 1.29 is 18.7 Å². The first kappa shape index (κ1) is 19.2. The molecule has 0 aromatic heterocycles. The number of carbonyl (C=O) groups is 2. The van der Waals surface area contributed by atoms with Crippen molar-refractivity contribution in [3.05, 3.63) is 34.6 Å². The highest BCUT2D eigenvalue weighted by atomic mass is 19.1. The van der Waals surface area contributed by atoms with E-state index in [1.807, 2.05) is 0 Å². The fraction of sp³-hybridized carbons (Fsp3) is 0.500. The largest absolute Gasteiger partial charge is 0.380 e. The quantitative estimate of drug-likeness (QED) is 0.548. The summed E-state index contributed by atoms with van der Waals surface area (Å²) >= 11 is 0. The summed E-state index contributed by atoms with van der Waals surface area (Å²) in [4.78, 5) is 22.3. The van der Waals surface area contributed by atoms with E-state index in [1.165, 1.54) is 14.2 Å². The van der Waals surface area contributed by atoms with E-state index in [4.69, 9.17) is 10.5 Å². The predicted octanol–water partition coefficient (Wildman–Crippen LogP) is 0.614. The Hall–Kier alpha value is -1.83. The highest BCUT2D eigenvalue weighted by Crippen LogP contribution is 2.19. The van der Waals surface area contributed by atoms with E-state index in [9.17, 15) is 14.0 Å². The summed E-state index contributed by atoms with van der Waals surface area (Å²) in [6.07, 6.45) is 1.42. The topological polar surface area (TPSA) is 93.5 Å².